The van der Waals surface area contributed by atoms with Crippen LogP contribution in [0.3, 0.4) is 0 Å². The SMILES string of the molecule is CCCNC(CC(CC)CC)c1ccc(C)cc1Cl. The number of aryl methyl sites for hydroxylation is 1. The maximum absolute atomic E-state index is 6.43. The maximum Gasteiger partial charge on any atom is 0.0456 e. The lowest BCUT2D eigenvalue weighted by molar-refractivity contribution is 0.371. The van der Waals surface area contributed by atoms with E-state index < -0.39 is 0 Å². The molecule has 19 heavy (non-hydrogen) atoms. The molecule has 1 atom stereocenters. The van der Waals surface area contributed by atoms with E-state index >= 15 is 0 Å². The van der Waals surface area contributed by atoms with Gasteiger partial charge in [0.2, 0.25) is 0 Å². The molecule has 0 aromatic heterocycles. The lowest BCUT2D eigenvalue weighted by Crippen LogP contribution is -2.24. The first-order valence-corrected chi connectivity index (χ1v) is 7.99. The van der Waals surface area contributed by atoms with E-state index in [4.69, 9.17) is 11.6 Å². The van der Waals surface area contributed by atoms with Gasteiger partial charge in [0.25, 0.3) is 0 Å². The molecule has 0 aliphatic carbocycles. The Bertz CT molecular complexity index is 372. The van der Waals surface area contributed by atoms with Crippen molar-refractivity contribution in [2.24, 2.45) is 5.92 Å². The molecule has 0 aliphatic rings. The highest BCUT2D eigenvalue weighted by Crippen LogP contribution is 2.30. The number of nitrogens with one attached hydrogen (secondary N) is 1. The molecule has 0 bridgehead atoms. The predicted octanol–water partition coefficient (Wildman–Crippen LogP) is 5.52. The van der Waals surface area contributed by atoms with Gasteiger partial charge in [-0.25, -0.2) is 0 Å². The van der Waals surface area contributed by atoms with Crippen LogP contribution in [0.1, 0.15) is 63.6 Å². The van der Waals surface area contributed by atoms with Gasteiger partial charge in [-0.3, -0.25) is 0 Å². The smallest absolute Gasteiger partial charge is 0.0456 e. The minimum absolute atomic E-state index is 0.387. The average Bonchev–Trinajstić information content (AvgIpc) is 2.40. The van der Waals surface area contributed by atoms with Crippen molar-refractivity contribution in [2.75, 3.05) is 6.54 Å². The monoisotopic (exact) mass is 281 g/mol. The summed E-state index contributed by atoms with van der Waals surface area (Å²) in [6, 6.07) is 6.81. The Morgan fingerprint density at radius 3 is 2.37 bits per heavy atom. The van der Waals surface area contributed by atoms with Gasteiger partial charge in [0.1, 0.15) is 0 Å². The molecule has 108 valence electrons. The summed E-state index contributed by atoms with van der Waals surface area (Å²) < 4.78 is 0. The molecule has 1 unspecified atom stereocenters. The molecule has 1 nitrogen and oxygen atoms in total. The van der Waals surface area contributed by atoms with E-state index in [2.05, 4.69) is 51.2 Å². The number of rotatable bonds is 8. The van der Waals surface area contributed by atoms with Crippen LogP contribution in [0.25, 0.3) is 0 Å². The average molecular weight is 282 g/mol. The van der Waals surface area contributed by atoms with Crippen molar-refractivity contribution < 1.29 is 0 Å². The first kappa shape index (κ1) is 16.5. The number of halogens is 1. The molecule has 0 aliphatic heterocycles. The maximum atomic E-state index is 6.43. The van der Waals surface area contributed by atoms with E-state index in [9.17, 15) is 0 Å². The molecule has 1 N–H and O–H groups in total. The van der Waals surface area contributed by atoms with E-state index in [1.807, 2.05) is 0 Å². The second-order valence-corrected chi connectivity index (χ2v) is 5.86. The van der Waals surface area contributed by atoms with E-state index in [1.165, 1.54) is 30.4 Å². The van der Waals surface area contributed by atoms with Gasteiger partial charge in [-0.05, 0) is 49.4 Å². The Morgan fingerprint density at radius 2 is 1.84 bits per heavy atom. The van der Waals surface area contributed by atoms with Crippen molar-refractivity contribution in [2.45, 2.75) is 59.4 Å². The van der Waals surface area contributed by atoms with Gasteiger partial charge in [-0.1, -0.05) is 57.3 Å². The zero-order valence-electron chi connectivity index (χ0n) is 12.8. The number of hydrogen-bond acceptors (Lipinski definition) is 1. The van der Waals surface area contributed by atoms with Gasteiger partial charge in [-0.15, -0.1) is 0 Å². The van der Waals surface area contributed by atoms with Crippen LogP contribution < -0.4 is 5.32 Å². The highest BCUT2D eigenvalue weighted by Gasteiger charge is 2.17. The minimum atomic E-state index is 0.387. The Morgan fingerprint density at radius 1 is 1.16 bits per heavy atom. The molecule has 0 radical (unpaired) electrons. The summed E-state index contributed by atoms with van der Waals surface area (Å²) in [6.45, 7) is 9.90. The molecule has 1 aromatic carbocycles. The van der Waals surface area contributed by atoms with Crippen LogP contribution in [-0.4, -0.2) is 6.54 Å². The molecule has 0 heterocycles. The fourth-order valence-electron chi connectivity index (χ4n) is 2.51. The van der Waals surface area contributed by atoms with Gasteiger partial charge in [0, 0.05) is 11.1 Å². The third-order valence-electron chi connectivity index (χ3n) is 3.90. The third-order valence-corrected chi connectivity index (χ3v) is 4.22. The van der Waals surface area contributed by atoms with Crippen LogP contribution in [0.5, 0.6) is 0 Å². The zero-order valence-corrected chi connectivity index (χ0v) is 13.6. The second-order valence-electron chi connectivity index (χ2n) is 5.45. The molecule has 0 amide bonds. The van der Waals surface area contributed by atoms with E-state index in [0.29, 0.717) is 6.04 Å². The Balaban J connectivity index is 2.88. The van der Waals surface area contributed by atoms with Crippen molar-refractivity contribution >= 4 is 11.6 Å². The van der Waals surface area contributed by atoms with Crippen LogP contribution in [-0.2, 0) is 0 Å². The highest BCUT2D eigenvalue weighted by atomic mass is 35.5. The molecule has 0 saturated carbocycles. The van der Waals surface area contributed by atoms with Gasteiger partial charge in [-0.2, -0.15) is 0 Å². The van der Waals surface area contributed by atoms with Crippen LogP contribution >= 0.6 is 11.6 Å². The first-order valence-electron chi connectivity index (χ1n) is 7.61. The van der Waals surface area contributed by atoms with Crippen molar-refractivity contribution in [3.8, 4) is 0 Å². The molecule has 1 rings (SSSR count). The molecular formula is C17H28ClN. The van der Waals surface area contributed by atoms with E-state index in [-0.39, 0.29) is 0 Å². The molecule has 1 aromatic rings. The van der Waals surface area contributed by atoms with Crippen molar-refractivity contribution in [1.29, 1.82) is 0 Å². The normalized spacial score (nSPS) is 12.9. The quantitative estimate of drug-likeness (QED) is 0.662. The first-order chi connectivity index (χ1) is 9.12. The van der Waals surface area contributed by atoms with Crippen LogP contribution in [0.15, 0.2) is 18.2 Å². The third kappa shape index (κ3) is 5.16. The zero-order chi connectivity index (χ0) is 14.3. The van der Waals surface area contributed by atoms with Crippen molar-refractivity contribution in [3.05, 3.63) is 34.3 Å². The second kappa shape index (κ2) is 8.60. The molecular weight excluding hydrogens is 254 g/mol. The summed E-state index contributed by atoms with van der Waals surface area (Å²) in [4.78, 5) is 0. The highest BCUT2D eigenvalue weighted by molar-refractivity contribution is 6.31. The van der Waals surface area contributed by atoms with Crippen molar-refractivity contribution in [3.63, 3.8) is 0 Å². The molecule has 2 heteroatoms. The summed E-state index contributed by atoms with van der Waals surface area (Å²) >= 11 is 6.43. The van der Waals surface area contributed by atoms with E-state index in [1.54, 1.807) is 0 Å². The van der Waals surface area contributed by atoms with Crippen LogP contribution in [0.4, 0.5) is 0 Å². The Kier molecular flexibility index (Phi) is 7.48. The Labute approximate surface area is 123 Å². The van der Waals surface area contributed by atoms with Crippen LogP contribution in [0, 0.1) is 12.8 Å². The lowest BCUT2D eigenvalue weighted by Gasteiger charge is -2.24. The summed E-state index contributed by atoms with van der Waals surface area (Å²) in [5.41, 5.74) is 2.48. The molecule has 0 spiro atoms. The Hall–Kier alpha value is -0.530. The van der Waals surface area contributed by atoms with E-state index in [0.717, 1.165) is 23.9 Å². The summed E-state index contributed by atoms with van der Waals surface area (Å²) in [5, 5.41) is 4.56. The lowest BCUT2D eigenvalue weighted by atomic mass is 9.90. The summed E-state index contributed by atoms with van der Waals surface area (Å²) in [7, 11) is 0. The summed E-state index contributed by atoms with van der Waals surface area (Å²) in [6.07, 6.45) is 4.81. The molecule has 0 fully saturated rings. The summed E-state index contributed by atoms with van der Waals surface area (Å²) in [5.74, 6) is 0.770. The number of benzene rings is 1. The topological polar surface area (TPSA) is 12.0 Å². The largest absolute Gasteiger partial charge is 0.310 e. The van der Waals surface area contributed by atoms with Crippen LogP contribution in [0.2, 0.25) is 5.02 Å². The van der Waals surface area contributed by atoms with Gasteiger partial charge in [0.15, 0.2) is 0 Å². The van der Waals surface area contributed by atoms with Gasteiger partial charge in [0.05, 0.1) is 0 Å². The predicted molar refractivity (Wildman–Crippen MR) is 85.9 cm³/mol. The van der Waals surface area contributed by atoms with Crippen molar-refractivity contribution in [1.82, 2.24) is 5.32 Å². The minimum Gasteiger partial charge on any atom is -0.310 e. The standard InChI is InChI=1S/C17H28ClN/c1-5-10-19-17(12-14(6-2)7-3)15-9-8-13(4)11-16(15)18/h8-9,11,14,17,19H,5-7,10,12H2,1-4H3. The fourth-order valence-corrected chi connectivity index (χ4v) is 2.88. The molecule has 0 saturated heterocycles. The fraction of sp³-hybridized carbons (Fsp3) is 0.647. The van der Waals surface area contributed by atoms with Gasteiger partial charge >= 0.3 is 0 Å². The number of hydrogen-bond donors (Lipinski definition) is 1. The van der Waals surface area contributed by atoms with Gasteiger partial charge < -0.3 is 5.32 Å².